The first-order valence-corrected chi connectivity index (χ1v) is 14.3. The number of aromatic nitrogens is 1. The summed E-state index contributed by atoms with van der Waals surface area (Å²) in [4.78, 5) is 47.9. The lowest BCUT2D eigenvalue weighted by atomic mass is 9.87. The third-order valence-corrected chi connectivity index (χ3v) is 7.45. The van der Waals surface area contributed by atoms with Crippen LogP contribution in [0.4, 0.5) is 0 Å². The molecule has 0 aliphatic carbocycles. The zero-order valence-corrected chi connectivity index (χ0v) is 25.6. The molecule has 13 heteroatoms. The molecule has 0 unspecified atom stereocenters. The fourth-order valence-corrected chi connectivity index (χ4v) is 4.40. The van der Waals surface area contributed by atoms with Gasteiger partial charge in [-0.05, 0) is 29.5 Å². The Hall–Kier alpha value is -4.38. The highest BCUT2D eigenvalue weighted by Crippen LogP contribution is 2.41. The van der Waals surface area contributed by atoms with E-state index in [2.05, 4.69) is 15.0 Å². The van der Waals surface area contributed by atoms with E-state index in [0.717, 1.165) is 11.9 Å². The highest BCUT2D eigenvalue weighted by atomic mass is 16.6. The van der Waals surface area contributed by atoms with Crippen molar-refractivity contribution in [3.8, 4) is 6.07 Å². The first-order valence-electron chi connectivity index (χ1n) is 14.3. The number of esters is 2. The molecule has 0 spiro atoms. The van der Waals surface area contributed by atoms with Crippen LogP contribution in [-0.2, 0) is 40.6 Å². The van der Waals surface area contributed by atoms with E-state index < -0.39 is 53.9 Å². The lowest BCUT2D eigenvalue weighted by Crippen LogP contribution is -2.76. The summed E-state index contributed by atoms with van der Waals surface area (Å²) in [5.41, 5.74) is 9.94. The maximum absolute atomic E-state index is 13.0. The highest BCUT2D eigenvalue weighted by Gasteiger charge is 2.59. The van der Waals surface area contributed by atoms with Gasteiger partial charge in [-0.15, -0.1) is 0 Å². The third kappa shape index (κ3) is 7.76. The molecule has 2 aromatic rings. The fraction of sp³-hybridized carbons (Fsp3) is 0.484. The molecule has 236 valence electrons. The number of amides is 1. The molecule has 44 heavy (non-hydrogen) atoms. The second kappa shape index (κ2) is 14.4. The molecule has 13 nitrogen and oxygen atoms in total. The van der Waals surface area contributed by atoms with Gasteiger partial charge in [-0.3, -0.25) is 14.4 Å². The SMILES string of the molecule is CC[C@H](C)C(=O)N=C([NH+]=CN)c1ccc([C@]2(C#N)O[C@H](COC(=O)Cc3ccccc3)[C@@H](OC(=O)[C@H](N)C(C)(C)C)[C@H]2O)[nH]1. The third-order valence-electron chi connectivity index (χ3n) is 7.45. The van der Waals surface area contributed by atoms with Gasteiger partial charge in [-0.2, -0.15) is 5.26 Å². The molecule has 1 aliphatic rings. The molecular weight excluding hydrogens is 568 g/mol. The Labute approximate surface area is 256 Å². The Balaban J connectivity index is 1.94. The predicted octanol–water partition coefficient (Wildman–Crippen LogP) is -0.0487. The molecule has 2 heterocycles. The Morgan fingerprint density at radius 1 is 1.25 bits per heavy atom. The van der Waals surface area contributed by atoms with Crippen molar-refractivity contribution in [1.82, 2.24) is 4.98 Å². The van der Waals surface area contributed by atoms with Crippen molar-refractivity contribution in [2.45, 2.75) is 77.4 Å². The van der Waals surface area contributed by atoms with Crippen molar-refractivity contribution < 1.29 is 38.7 Å². The number of aromatic amines is 1. The number of nitrogens with zero attached hydrogens (tertiary/aromatic N) is 2. The normalized spacial score (nSPS) is 23.6. The Kier molecular flexibility index (Phi) is 11.2. The largest absolute Gasteiger partial charge is 0.463 e. The molecule has 1 aliphatic heterocycles. The standard InChI is InChI=1S/C31H40N6O7/c1-6-18(2)28(40)37-27(35-17-33)20-12-13-22(36-20)31(16-32)26(39)24(43-29(41)25(34)30(3,4)5)21(44-31)15-42-23(38)14-19-10-8-7-9-11-19/h7-13,17-18,21,24-26,36,39H,6,14-15,34H2,1-5H3,(H2,33,35,37,40)/p+1/t18-,21+,24+,25-,26+,31-/m0/s1. The van der Waals surface area contributed by atoms with Crippen LogP contribution in [0.25, 0.3) is 0 Å². The van der Waals surface area contributed by atoms with Gasteiger partial charge in [-0.25, -0.2) is 4.99 Å². The quantitative estimate of drug-likeness (QED) is 0.137. The molecule has 6 atom stereocenters. The number of rotatable bonds is 10. The van der Waals surface area contributed by atoms with Crippen LogP contribution < -0.4 is 16.5 Å². The molecule has 1 amide bonds. The van der Waals surface area contributed by atoms with E-state index in [1.54, 1.807) is 52.0 Å². The van der Waals surface area contributed by atoms with E-state index >= 15 is 0 Å². The number of H-pyrrole nitrogens is 1. The van der Waals surface area contributed by atoms with Crippen LogP contribution in [0.2, 0.25) is 0 Å². The van der Waals surface area contributed by atoms with Gasteiger partial charge < -0.3 is 35.8 Å². The molecule has 1 saturated heterocycles. The van der Waals surface area contributed by atoms with E-state index in [1.165, 1.54) is 12.1 Å². The molecule has 1 aromatic heterocycles. The van der Waals surface area contributed by atoms with Gasteiger partial charge in [0.2, 0.25) is 5.60 Å². The Morgan fingerprint density at radius 3 is 2.52 bits per heavy atom. The summed E-state index contributed by atoms with van der Waals surface area (Å²) >= 11 is 0. The average molecular weight is 610 g/mol. The summed E-state index contributed by atoms with van der Waals surface area (Å²) in [5.74, 6) is -2.06. The zero-order valence-electron chi connectivity index (χ0n) is 25.6. The number of aliphatic imine (C=N–C) groups is 1. The van der Waals surface area contributed by atoms with Gasteiger partial charge in [0, 0.05) is 0 Å². The zero-order chi connectivity index (χ0) is 32.7. The van der Waals surface area contributed by atoms with Crippen LogP contribution in [0.1, 0.15) is 58.0 Å². The van der Waals surface area contributed by atoms with Gasteiger partial charge >= 0.3 is 17.8 Å². The summed E-state index contributed by atoms with van der Waals surface area (Å²) in [5, 5.41) is 21.9. The number of nitrogens with two attached hydrogens (primary N) is 2. The minimum absolute atomic E-state index is 0.0263. The molecular formula is C31H41N6O7+. The highest BCUT2D eigenvalue weighted by molar-refractivity contribution is 5.99. The number of hydrogen-bond donors (Lipinski definition) is 5. The van der Waals surface area contributed by atoms with E-state index in [-0.39, 0.29) is 35.5 Å². The number of aliphatic hydroxyl groups is 1. The number of carbonyl (C=O) groups is 3. The maximum atomic E-state index is 13.0. The number of hydrogen-bond acceptors (Lipinski definition) is 9. The number of ether oxygens (including phenoxy) is 3. The molecule has 1 fully saturated rings. The van der Waals surface area contributed by atoms with E-state index in [0.29, 0.717) is 6.42 Å². The Morgan fingerprint density at radius 2 is 1.93 bits per heavy atom. The fourth-order valence-electron chi connectivity index (χ4n) is 4.40. The molecule has 0 saturated carbocycles. The van der Waals surface area contributed by atoms with Crippen LogP contribution in [0.5, 0.6) is 0 Å². The lowest BCUT2D eigenvalue weighted by molar-refractivity contribution is -0.309. The molecule has 0 bridgehead atoms. The first kappa shape index (κ1) is 34.1. The Bertz CT molecular complexity index is 1420. The summed E-state index contributed by atoms with van der Waals surface area (Å²) in [6, 6.07) is 12.8. The summed E-state index contributed by atoms with van der Waals surface area (Å²) in [6.07, 6.45) is -2.75. The van der Waals surface area contributed by atoms with Crippen molar-refractivity contribution in [3.05, 3.63) is 59.4 Å². The number of aliphatic hydroxyl groups excluding tert-OH is 1. The minimum atomic E-state index is -2.09. The molecule has 1 aromatic carbocycles. The lowest BCUT2D eigenvalue weighted by Gasteiger charge is -2.28. The predicted molar refractivity (Wildman–Crippen MR) is 160 cm³/mol. The monoisotopic (exact) mass is 609 g/mol. The van der Waals surface area contributed by atoms with E-state index in [9.17, 15) is 24.8 Å². The van der Waals surface area contributed by atoms with Gasteiger partial charge in [0.15, 0.2) is 12.4 Å². The van der Waals surface area contributed by atoms with Crippen LogP contribution in [0, 0.1) is 22.7 Å². The van der Waals surface area contributed by atoms with Crippen LogP contribution in [0.15, 0.2) is 47.5 Å². The van der Waals surface area contributed by atoms with Crippen molar-refractivity contribution in [2.75, 3.05) is 6.61 Å². The number of amidine groups is 1. The van der Waals surface area contributed by atoms with Crippen molar-refractivity contribution in [2.24, 2.45) is 27.8 Å². The van der Waals surface area contributed by atoms with Crippen molar-refractivity contribution >= 4 is 30.0 Å². The topological polar surface area (TPSA) is 217 Å². The molecule has 7 N–H and O–H groups in total. The second-order valence-corrected chi connectivity index (χ2v) is 11.7. The number of nitriles is 1. The number of carbonyl (C=O) groups excluding carboxylic acids is 3. The second-order valence-electron chi connectivity index (χ2n) is 11.7. The van der Waals surface area contributed by atoms with Gasteiger partial charge in [0.25, 0.3) is 5.84 Å². The summed E-state index contributed by atoms with van der Waals surface area (Å²) in [6.45, 7) is 8.42. The maximum Gasteiger partial charge on any atom is 0.323 e. The summed E-state index contributed by atoms with van der Waals surface area (Å²) < 4.78 is 17.2. The van der Waals surface area contributed by atoms with Gasteiger partial charge in [-0.1, -0.05) is 69.9 Å². The van der Waals surface area contributed by atoms with Gasteiger partial charge in [0.1, 0.15) is 36.6 Å². The van der Waals surface area contributed by atoms with Crippen molar-refractivity contribution in [3.63, 3.8) is 0 Å². The first-order chi connectivity index (χ1) is 20.8. The molecule has 0 radical (unpaired) electrons. The number of nitrogens with one attached hydrogen (secondary N) is 2. The number of benzene rings is 1. The average Bonchev–Trinajstić information content (AvgIpc) is 3.59. The summed E-state index contributed by atoms with van der Waals surface area (Å²) in [7, 11) is 0. The van der Waals surface area contributed by atoms with E-state index in [4.69, 9.17) is 25.7 Å². The minimum Gasteiger partial charge on any atom is -0.463 e. The van der Waals surface area contributed by atoms with Crippen molar-refractivity contribution in [1.29, 1.82) is 5.26 Å². The van der Waals surface area contributed by atoms with E-state index in [1.807, 2.05) is 19.1 Å². The van der Waals surface area contributed by atoms with Crippen LogP contribution in [0.3, 0.4) is 0 Å². The smallest absolute Gasteiger partial charge is 0.323 e. The van der Waals surface area contributed by atoms with Crippen LogP contribution >= 0.6 is 0 Å². The van der Waals surface area contributed by atoms with Crippen LogP contribution in [-0.4, -0.2) is 71.1 Å². The molecule has 3 rings (SSSR count). The van der Waals surface area contributed by atoms with Gasteiger partial charge in [0.05, 0.1) is 18.0 Å².